The molecule has 1 atom stereocenters. The smallest absolute Gasteiger partial charge is 0.254 e. The fourth-order valence-corrected chi connectivity index (χ4v) is 4.13. The lowest BCUT2D eigenvalue weighted by atomic mass is 10.0. The highest BCUT2D eigenvalue weighted by Gasteiger charge is 2.23. The first-order valence-corrected chi connectivity index (χ1v) is 9.02. The van der Waals surface area contributed by atoms with Gasteiger partial charge in [0.1, 0.15) is 5.03 Å². The monoisotopic (exact) mass is 316 g/mol. The molecule has 1 aromatic heterocycles. The first kappa shape index (κ1) is 14.5. The van der Waals surface area contributed by atoms with E-state index in [9.17, 15) is 4.79 Å². The van der Waals surface area contributed by atoms with Gasteiger partial charge in [0.15, 0.2) is 0 Å². The van der Waals surface area contributed by atoms with E-state index in [0.29, 0.717) is 5.56 Å². The number of rotatable bonds is 3. The van der Waals surface area contributed by atoms with Crippen LogP contribution in [0.15, 0.2) is 52.5 Å². The number of nitrogens with zero attached hydrogens (tertiary/aromatic N) is 1. The quantitative estimate of drug-likeness (QED) is 0.875. The van der Waals surface area contributed by atoms with E-state index in [2.05, 4.69) is 22.4 Å². The van der Waals surface area contributed by atoms with Gasteiger partial charge in [-0.25, -0.2) is 4.98 Å². The Kier molecular flexibility index (Phi) is 4.51. The van der Waals surface area contributed by atoms with Gasteiger partial charge in [-0.05, 0) is 36.4 Å². The van der Waals surface area contributed by atoms with E-state index < -0.39 is 0 Å². The van der Waals surface area contributed by atoms with E-state index in [0.717, 1.165) is 17.2 Å². The standard InChI is InChI=1S/C16H16N2OS2/c1-20-16-12(6-4-9-17-16)15(19)18-13-8-10-21-14-7-3-2-5-11(13)14/h2-7,9,13H,8,10H2,1H3,(H,18,19)/t13-/m1/s1. The molecule has 1 aliphatic rings. The van der Waals surface area contributed by atoms with Gasteiger partial charge in [0, 0.05) is 16.8 Å². The molecule has 1 aliphatic heterocycles. The van der Waals surface area contributed by atoms with E-state index in [-0.39, 0.29) is 11.9 Å². The zero-order valence-electron chi connectivity index (χ0n) is 11.7. The molecule has 0 bridgehead atoms. The van der Waals surface area contributed by atoms with Gasteiger partial charge in [-0.2, -0.15) is 0 Å². The Hall–Kier alpha value is -1.46. The van der Waals surface area contributed by atoms with Crippen molar-refractivity contribution >= 4 is 29.4 Å². The number of fused-ring (bicyclic) bond motifs is 1. The van der Waals surface area contributed by atoms with Crippen LogP contribution in [0.1, 0.15) is 28.4 Å². The third-order valence-electron chi connectivity index (χ3n) is 3.47. The van der Waals surface area contributed by atoms with Gasteiger partial charge in [-0.1, -0.05) is 18.2 Å². The van der Waals surface area contributed by atoms with E-state index >= 15 is 0 Å². The molecule has 1 amide bonds. The fourth-order valence-electron chi connectivity index (χ4n) is 2.45. The van der Waals surface area contributed by atoms with Gasteiger partial charge in [-0.3, -0.25) is 4.79 Å². The lowest BCUT2D eigenvalue weighted by Crippen LogP contribution is -2.31. The topological polar surface area (TPSA) is 42.0 Å². The number of hydrogen-bond donors (Lipinski definition) is 1. The molecule has 21 heavy (non-hydrogen) atoms. The number of pyridine rings is 1. The van der Waals surface area contributed by atoms with E-state index in [1.807, 2.05) is 36.2 Å². The summed E-state index contributed by atoms with van der Waals surface area (Å²) in [6, 6.07) is 12.0. The summed E-state index contributed by atoms with van der Waals surface area (Å²) in [6.07, 6.45) is 4.61. The van der Waals surface area contributed by atoms with Crippen LogP contribution in [0.3, 0.4) is 0 Å². The Balaban J connectivity index is 1.83. The summed E-state index contributed by atoms with van der Waals surface area (Å²) in [5.74, 6) is 0.990. The van der Waals surface area contributed by atoms with Gasteiger partial charge in [0.05, 0.1) is 11.6 Å². The lowest BCUT2D eigenvalue weighted by molar-refractivity contribution is 0.0931. The molecule has 108 valence electrons. The Bertz CT molecular complexity index is 660. The first-order valence-electron chi connectivity index (χ1n) is 6.81. The third kappa shape index (κ3) is 3.09. The van der Waals surface area contributed by atoms with E-state index in [1.54, 1.807) is 12.3 Å². The van der Waals surface area contributed by atoms with Crippen LogP contribution in [0, 0.1) is 0 Å². The fraction of sp³-hybridized carbons (Fsp3) is 0.250. The Morgan fingerprint density at radius 1 is 1.33 bits per heavy atom. The van der Waals surface area contributed by atoms with Crippen LogP contribution in [0.2, 0.25) is 0 Å². The second kappa shape index (κ2) is 6.54. The molecule has 0 radical (unpaired) electrons. The highest BCUT2D eigenvalue weighted by Crippen LogP contribution is 2.36. The van der Waals surface area contributed by atoms with Crippen LogP contribution in [-0.2, 0) is 0 Å². The number of amides is 1. The number of nitrogens with one attached hydrogen (secondary N) is 1. The second-order valence-corrected chi connectivity index (χ2v) is 6.69. The Morgan fingerprint density at radius 3 is 3.05 bits per heavy atom. The van der Waals surface area contributed by atoms with E-state index in [4.69, 9.17) is 0 Å². The summed E-state index contributed by atoms with van der Waals surface area (Å²) in [6.45, 7) is 0. The van der Waals surface area contributed by atoms with Crippen LogP contribution >= 0.6 is 23.5 Å². The maximum absolute atomic E-state index is 12.5. The first-order chi connectivity index (χ1) is 10.3. The molecular formula is C16H16N2OS2. The van der Waals surface area contributed by atoms with Crippen molar-refractivity contribution in [2.75, 3.05) is 12.0 Å². The maximum Gasteiger partial charge on any atom is 0.254 e. The van der Waals surface area contributed by atoms with Crippen LogP contribution in [0.5, 0.6) is 0 Å². The van der Waals surface area contributed by atoms with Crippen molar-refractivity contribution in [3.63, 3.8) is 0 Å². The summed E-state index contributed by atoms with van der Waals surface area (Å²) in [5, 5.41) is 3.93. The van der Waals surface area contributed by atoms with Gasteiger partial charge in [0.25, 0.3) is 5.91 Å². The molecule has 5 heteroatoms. The highest BCUT2D eigenvalue weighted by molar-refractivity contribution is 7.99. The number of aromatic nitrogens is 1. The number of carbonyl (C=O) groups is 1. The number of hydrogen-bond acceptors (Lipinski definition) is 4. The van der Waals surface area contributed by atoms with Crippen molar-refractivity contribution in [1.82, 2.24) is 10.3 Å². The summed E-state index contributed by atoms with van der Waals surface area (Å²) < 4.78 is 0. The molecule has 0 saturated carbocycles. The van der Waals surface area contributed by atoms with Crippen LogP contribution in [-0.4, -0.2) is 22.9 Å². The molecule has 2 aromatic rings. The second-order valence-electron chi connectivity index (χ2n) is 4.76. The molecule has 3 nitrogen and oxygen atoms in total. The Morgan fingerprint density at radius 2 is 2.19 bits per heavy atom. The minimum Gasteiger partial charge on any atom is -0.345 e. The molecule has 0 aliphatic carbocycles. The lowest BCUT2D eigenvalue weighted by Gasteiger charge is -2.26. The largest absolute Gasteiger partial charge is 0.345 e. The SMILES string of the molecule is CSc1ncccc1C(=O)N[C@@H]1CCSc2ccccc21. The molecule has 2 heterocycles. The molecule has 1 aromatic carbocycles. The van der Waals surface area contributed by atoms with Gasteiger partial charge < -0.3 is 5.32 Å². The zero-order valence-corrected chi connectivity index (χ0v) is 13.3. The van der Waals surface area contributed by atoms with Gasteiger partial charge in [0.2, 0.25) is 0 Å². The zero-order chi connectivity index (χ0) is 14.7. The van der Waals surface area contributed by atoms with Crippen molar-refractivity contribution in [2.24, 2.45) is 0 Å². The van der Waals surface area contributed by atoms with Crippen molar-refractivity contribution in [1.29, 1.82) is 0 Å². The maximum atomic E-state index is 12.5. The average molecular weight is 316 g/mol. The van der Waals surface area contributed by atoms with Gasteiger partial charge >= 0.3 is 0 Å². The molecule has 0 unspecified atom stereocenters. The predicted molar refractivity (Wildman–Crippen MR) is 88.0 cm³/mol. The third-order valence-corrected chi connectivity index (χ3v) is 5.31. The average Bonchev–Trinajstić information content (AvgIpc) is 2.55. The normalized spacial score (nSPS) is 17.1. The van der Waals surface area contributed by atoms with Crippen molar-refractivity contribution in [2.45, 2.75) is 22.4 Å². The summed E-state index contributed by atoms with van der Waals surface area (Å²) in [5.41, 5.74) is 1.87. The molecule has 0 saturated heterocycles. The molecular weight excluding hydrogens is 300 g/mol. The minimum absolute atomic E-state index is 0.0425. The number of carbonyl (C=O) groups excluding carboxylic acids is 1. The molecule has 1 N–H and O–H groups in total. The summed E-state index contributed by atoms with van der Waals surface area (Å²) >= 11 is 3.35. The predicted octanol–water partition coefficient (Wildman–Crippen LogP) is 3.77. The van der Waals surface area contributed by atoms with Crippen LogP contribution < -0.4 is 5.32 Å². The minimum atomic E-state index is -0.0425. The molecule has 3 rings (SSSR count). The van der Waals surface area contributed by atoms with Crippen molar-refractivity contribution < 1.29 is 4.79 Å². The van der Waals surface area contributed by atoms with E-state index in [1.165, 1.54) is 22.2 Å². The van der Waals surface area contributed by atoms with Crippen LogP contribution in [0.25, 0.3) is 0 Å². The summed E-state index contributed by atoms with van der Waals surface area (Å²) in [4.78, 5) is 18.1. The Labute approximate surface area is 132 Å². The summed E-state index contributed by atoms with van der Waals surface area (Å²) in [7, 11) is 0. The van der Waals surface area contributed by atoms with Gasteiger partial charge in [-0.15, -0.1) is 23.5 Å². The molecule has 0 spiro atoms. The molecule has 0 fully saturated rings. The van der Waals surface area contributed by atoms with Crippen LogP contribution in [0.4, 0.5) is 0 Å². The number of thioether (sulfide) groups is 2. The van der Waals surface area contributed by atoms with Crippen molar-refractivity contribution in [3.8, 4) is 0 Å². The van der Waals surface area contributed by atoms with Crippen molar-refractivity contribution in [3.05, 3.63) is 53.7 Å². The number of benzene rings is 1. The highest BCUT2D eigenvalue weighted by atomic mass is 32.2.